The lowest BCUT2D eigenvalue weighted by Crippen LogP contribution is -2.43. The minimum absolute atomic E-state index is 0.0310. The van der Waals surface area contributed by atoms with Crippen LogP contribution in [-0.4, -0.2) is 31.7 Å². The highest BCUT2D eigenvalue weighted by Gasteiger charge is 2.16. The molecule has 5 nitrogen and oxygen atoms in total. The molecule has 2 N–H and O–H groups in total. The molecule has 21 heavy (non-hydrogen) atoms. The van der Waals surface area contributed by atoms with Crippen LogP contribution in [0.3, 0.4) is 0 Å². The molecule has 0 saturated carbocycles. The first-order chi connectivity index (χ1) is 9.87. The second-order valence-electron chi connectivity index (χ2n) is 5.82. The van der Waals surface area contributed by atoms with Gasteiger partial charge in [0.25, 0.3) is 5.91 Å². The van der Waals surface area contributed by atoms with Crippen LogP contribution in [0.25, 0.3) is 0 Å². The lowest BCUT2D eigenvalue weighted by Gasteiger charge is -2.21. The number of ether oxygens (including phenoxy) is 2. The second kappa shape index (κ2) is 7.88. The van der Waals surface area contributed by atoms with Crippen molar-refractivity contribution >= 4 is 5.91 Å². The van der Waals surface area contributed by atoms with Gasteiger partial charge in [0.2, 0.25) is 0 Å². The van der Waals surface area contributed by atoms with Crippen LogP contribution < -0.4 is 20.1 Å². The zero-order chi connectivity index (χ0) is 15.9. The molecule has 0 atom stereocenters. The van der Waals surface area contributed by atoms with Crippen LogP contribution in [0, 0.1) is 0 Å². The van der Waals surface area contributed by atoms with E-state index in [4.69, 9.17) is 9.47 Å². The standard InChI is InChI=1S/C16H26N2O3/c1-6-17-10-12-8-7-9-13(20-5)15(12)21-11-14(19)18-16(2,3)4/h7-9,17H,6,10-11H2,1-5H3,(H,18,19). The van der Waals surface area contributed by atoms with Gasteiger partial charge >= 0.3 is 0 Å². The largest absolute Gasteiger partial charge is 0.493 e. The minimum Gasteiger partial charge on any atom is -0.493 e. The summed E-state index contributed by atoms with van der Waals surface area (Å²) in [6.45, 7) is 9.35. The molecule has 0 spiro atoms. The predicted molar refractivity (Wildman–Crippen MR) is 83.8 cm³/mol. The number of rotatable bonds is 7. The molecule has 0 aliphatic rings. The van der Waals surface area contributed by atoms with Gasteiger partial charge in [0, 0.05) is 17.6 Å². The monoisotopic (exact) mass is 294 g/mol. The normalized spacial score (nSPS) is 11.1. The van der Waals surface area contributed by atoms with Gasteiger partial charge in [-0.05, 0) is 33.4 Å². The Hall–Kier alpha value is -1.75. The van der Waals surface area contributed by atoms with Crippen molar-refractivity contribution in [3.05, 3.63) is 23.8 Å². The van der Waals surface area contributed by atoms with Crippen molar-refractivity contribution in [1.82, 2.24) is 10.6 Å². The van der Waals surface area contributed by atoms with Gasteiger partial charge < -0.3 is 20.1 Å². The molecule has 118 valence electrons. The van der Waals surface area contributed by atoms with Crippen LogP contribution in [0.4, 0.5) is 0 Å². The van der Waals surface area contributed by atoms with E-state index in [2.05, 4.69) is 10.6 Å². The Kier molecular flexibility index (Phi) is 6.49. The van der Waals surface area contributed by atoms with Crippen molar-refractivity contribution in [3.8, 4) is 11.5 Å². The van der Waals surface area contributed by atoms with Gasteiger partial charge in [0.15, 0.2) is 18.1 Å². The summed E-state index contributed by atoms with van der Waals surface area (Å²) in [5.41, 5.74) is 0.702. The zero-order valence-corrected chi connectivity index (χ0v) is 13.6. The molecule has 0 saturated heterocycles. The first-order valence-corrected chi connectivity index (χ1v) is 7.17. The summed E-state index contributed by atoms with van der Waals surface area (Å²) in [5, 5.41) is 6.12. The van der Waals surface area contributed by atoms with Crippen LogP contribution in [0.1, 0.15) is 33.3 Å². The van der Waals surface area contributed by atoms with Crippen LogP contribution in [0.15, 0.2) is 18.2 Å². The Morgan fingerprint density at radius 3 is 2.57 bits per heavy atom. The molecule has 5 heteroatoms. The second-order valence-corrected chi connectivity index (χ2v) is 5.82. The lowest BCUT2D eigenvalue weighted by molar-refractivity contribution is -0.124. The molecule has 0 aliphatic heterocycles. The van der Waals surface area contributed by atoms with E-state index in [1.807, 2.05) is 45.9 Å². The number of methoxy groups -OCH3 is 1. The summed E-state index contributed by atoms with van der Waals surface area (Å²) in [7, 11) is 1.59. The molecule has 0 fully saturated rings. The van der Waals surface area contributed by atoms with E-state index in [9.17, 15) is 4.79 Å². The molecule has 0 bridgehead atoms. The SMILES string of the molecule is CCNCc1cccc(OC)c1OCC(=O)NC(C)(C)C. The van der Waals surface area contributed by atoms with Crippen molar-refractivity contribution in [2.24, 2.45) is 0 Å². The summed E-state index contributed by atoms with van der Waals surface area (Å²) in [6, 6.07) is 5.70. The van der Waals surface area contributed by atoms with Crippen LogP contribution >= 0.6 is 0 Å². The molecule has 1 amide bonds. The number of nitrogens with one attached hydrogen (secondary N) is 2. The molecular formula is C16H26N2O3. The number of para-hydroxylation sites is 1. The van der Waals surface area contributed by atoms with E-state index in [-0.39, 0.29) is 18.1 Å². The van der Waals surface area contributed by atoms with Crippen LogP contribution in [-0.2, 0) is 11.3 Å². The minimum atomic E-state index is -0.270. The highest BCUT2D eigenvalue weighted by Crippen LogP contribution is 2.31. The highest BCUT2D eigenvalue weighted by atomic mass is 16.5. The van der Waals surface area contributed by atoms with Crippen molar-refractivity contribution in [2.75, 3.05) is 20.3 Å². The number of benzene rings is 1. The molecule has 1 rings (SSSR count). The Morgan fingerprint density at radius 1 is 1.29 bits per heavy atom. The quantitative estimate of drug-likeness (QED) is 0.808. The Bertz CT molecular complexity index is 467. The average molecular weight is 294 g/mol. The maximum absolute atomic E-state index is 11.9. The predicted octanol–water partition coefficient (Wildman–Crippen LogP) is 2.10. The summed E-state index contributed by atoms with van der Waals surface area (Å²) >= 11 is 0. The van der Waals surface area contributed by atoms with Crippen molar-refractivity contribution < 1.29 is 14.3 Å². The third-order valence-electron chi connectivity index (χ3n) is 2.71. The first-order valence-electron chi connectivity index (χ1n) is 7.17. The van der Waals surface area contributed by atoms with Gasteiger partial charge in [0.1, 0.15) is 0 Å². The van der Waals surface area contributed by atoms with E-state index in [1.165, 1.54) is 0 Å². The zero-order valence-electron chi connectivity index (χ0n) is 13.6. The molecule has 1 aromatic carbocycles. The van der Waals surface area contributed by atoms with Gasteiger partial charge in [-0.15, -0.1) is 0 Å². The van der Waals surface area contributed by atoms with E-state index in [0.717, 1.165) is 12.1 Å². The molecule has 1 aromatic rings. The molecule has 0 heterocycles. The Balaban J connectivity index is 2.78. The van der Waals surface area contributed by atoms with Crippen molar-refractivity contribution in [3.63, 3.8) is 0 Å². The molecule has 0 aromatic heterocycles. The lowest BCUT2D eigenvalue weighted by atomic mass is 10.1. The van der Waals surface area contributed by atoms with Crippen molar-refractivity contribution in [1.29, 1.82) is 0 Å². The Morgan fingerprint density at radius 2 is 2.00 bits per heavy atom. The highest BCUT2D eigenvalue weighted by molar-refractivity contribution is 5.78. The Labute approximate surface area is 127 Å². The fraction of sp³-hybridized carbons (Fsp3) is 0.562. The summed E-state index contributed by atoms with van der Waals surface area (Å²) in [5.74, 6) is 1.10. The van der Waals surface area contributed by atoms with Gasteiger partial charge in [-0.25, -0.2) is 0 Å². The van der Waals surface area contributed by atoms with Crippen LogP contribution in [0.5, 0.6) is 11.5 Å². The van der Waals surface area contributed by atoms with Crippen molar-refractivity contribution in [2.45, 2.75) is 39.8 Å². The molecular weight excluding hydrogens is 268 g/mol. The van der Waals surface area contributed by atoms with E-state index < -0.39 is 0 Å². The molecule has 0 unspecified atom stereocenters. The number of hydrogen-bond acceptors (Lipinski definition) is 4. The van der Waals surface area contributed by atoms with Gasteiger partial charge in [-0.3, -0.25) is 4.79 Å². The molecule has 0 radical (unpaired) electrons. The first kappa shape index (κ1) is 17.3. The number of carbonyl (C=O) groups is 1. The number of carbonyl (C=O) groups excluding carboxylic acids is 1. The topological polar surface area (TPSA) is 59.6 Å². The van der Waals surface area contributed by atoms with Gasteiger partial charge in [-0.2, -0.15) is 0 Å². The third-order valence-corrected chi connectivity index (χ3v) is 2.71. The van der Waals surface area contributed by atoms with E-state index in [1.54, 1.807) is 7.11 Å². The number of amides is 1. The van der Waals surface area contributed by atoms with E-state index >= 15 is 0 Å². The van der Waals surface area contributed by atoms with Gasteiger partial charge in [0.05, 0.1) is 7.11 Å². The molecule has 0 aliphatic carbocycles. The summed E-state index contributed by atoms with van der Waals surface area (Å²) in [6.07, 6.45) is 0. The smallest absolute Gasteiger partial charge is 0.258 e. The van der Waals surface area contributed by atoms with Gasteiger partial charge in [-0.1, -0.05) is 19.1 Å². The maximum Gasteiger partial charge on any atom is 0.258 e. The van der Waals surface area contributed by atoms with Crippen LogP contribution in [0.2, 0.25) is 0 Å². The summed E-state index contributed by atoms with van der Waals surface area (Å²) < 4.78 is 11.0. The fourth-order valence-electron chi connectivity index (χ4n) is 1.88. The average Bonchev–Trinajstić information content (AvgIpc) is 2.41. The maximum atomic E-state index is 11.9. The van der Waals surface area contributed by atoms with E-state index in [0.29, 0.717) is 18.0 Å². The fourth-order valence-corrected chi connectivity index (χ4v) is 1.88. The third kappa shape index (κ3) is 6.04. The number of hydrogen-bond donors (Lipinski definition) is 2. The summed E-state index contributed by atoms with van der Waals surface area (Å²) in [4.78, 5) is 11.9.